The summed E-state index contributed by atoms with van der Waals surface area (Å²) in [6, 6.07) is 8.94. The summed E-state index contributed by atoms with van der Waals surface area (Å²) in [7, 11) is 1.81. The summed E-state index contributed by atoms with van der Waals surface area (Å²) in [6.45, 7) is 10.2. The predicted octanol–water partition coefficient (Wildman–Crippen LogP) is 2.75. The number of allylic oxidation sites excluding steroid dienone is 2. The summed E-state index contributed by atoms with van der Waals surface area (Å²) in [5.41, 5.74) is 2.47. The van der Waals surface area contributed by atoms with Gasteiger partial charge in [0.1, 0.15) is 5.78 Å². The van der Waals surface area contributed by atoms with Crippen LogP contribution in [0.1, 0.15) is 83.5 Å². The fourth-order valence-electron chi connectivity index (χ4n) is 4.44. The third-order valence-corrected chi connectivity index (χ3v) is 9.25. The number of rotatable bonds is 15. The van der Waals surface area contributed by atoms with Crippen LogP contribution < -0.4 is 29.3 Å². The molecule has 1 heterocycles. The van der Waals surface area contributed by atoms with Crippen molar-refractivity contribution in [1.82, 2.24) is 15.0 Å². The molecule has 2 aromatic rings. The van der Waals surface area contributed by atoms with Gasteiger partial charge in [0.15, 0.2) is 0 Å². The number of Topliss-reactive ketones (excluding diaryl/α,β-unsaturated/α-hetero) is 1. The van der Waals surface area contributed by atoms with Gasteiger partial charge in [-0.15, -0.1) is 0 Å². The van der Waals surface area contributed by atoms with Crippen molar-refractivity contribution in [2.45, 2.75) is 72.1 Å². The van der Waals surface area contributed by atoms with Gasteiger partial charge in [-0.3, -0.25) is 9.59 Å². The van der Waals surface area contributed by atoms with Gasteiger partial charge in [0.05, 0.1) is 0 Å². The van der Waals surface area contributed by atoms with Crippen molar-refractivity contribution in [2.24, 2.45) is 11.8 Å². The average Bonchev–Trinajstić information content (AvgIpc) is 3.45. The Morgan fingerprint density at radius 3 is 2.51 bits per heavy atom. The molecule has 0 radical (unpaired) electrons. The number of hydrogen-bond acceptors (Lipinski definition) is 7. The number of nitrogens with zero attached hydrogens (tertiary/aromatic N) is 4. The van der Waals surface area contributed by atoms with Gasteiger partial charge in [0.25, 0.3) is 0 Å². The third-order valence-electron chi connectivity index (χ3n) is 7.19. The molecule has 0 aliphatic heterocycles. The standard InChI is InChI=1S/C30H44IN4O4/c1-7-26(36)17-18-34(6)29(37)25-10-8-23(9-11-25)24-12-14-27(15-13-24)38-20-22(4)16-19-35(31-5)30-32-28(21(2)3)33-39-30/h8,12-15,21-22,25H,7,9-11,16-20H2,1-6H3/q-1. The number of ketones is 1. The van der Waals surface area contributed by atoms with Gasteiger partial charge in [0, 0.05) is 32.4 Å². The predicted molar refractivity (Wildman–Crippen MR) is 150 cm³/mol. The molecule has 2 unspecified atom stereocenters. The Balaban J connectivity index is 1.43. The van der Waals surface area contributed by atoms with E-state index in [1.807, 2.05) is 19.1 Å². The summed E-state index contributed by atoms with van der Waals surface area (Å²) in [6.07, 6.45) is 6.62. The summed E-state index contributed by atoms with van der Waals surface area (Å²) in [4.78, 5) is 32.8. The van der Waals surface area contributed by atoms with Gasteiger partial charge in [-0.25, -0.2) is 0 Å². The first-order valence-corrected chi connectivity index (χ1v) is 17.1. The Kier molecular flexibility index (Phi) is 12.3. The van der Waals surface area contributed by atoms with E-state index in [1.54, 1.807) is 11.9 Å². The minimum Gasteiger partial charge on any atom is -0.0372 e. The number of carbonyl (C=O) groups excluding carboxylic acids is 2. The van der Waals surface area contributed by atoms with Crippen LogP contribution in [0.5, 0.6) is 5.75 Å². The second kappa shape index (κ2) is 15.4. The van der Waals surface area contributed by atoms with Crippen molar-refractivity contribution in [3.05, 3.63) is 41.7 Å². The van der Waals surface area contributed by atoms with Gasteiger partial charge < -0.3 is 4.90 Å². The van der Waals surface area contributed by atoms with E-state index in [-0.39, 0.29) is 45.0 Å². The van der Waals surface area contributed by atoms with Crippen molar-refractivity contribution in [2.75, 3.05) is 34.8 Å². The van der Waals surface area contributed by atoms with E-state index in [9.17, 15) is 9.59 Å². The second-order valence-electron chi connectivity index (χ2n) is 10.7. The van der Waals surface area contributed by atoms with Gasteiger partial charge in [-0.2, -0.15) is 0 Å². The van der Waals surface area contributed by atoms with Crippen LogP contribution in [0.25, 0.3) is 5.57 Å². The maximum atomic E-state index is 12.8. The molecular weight excluding hydrogens is 607 g/mol. The topological polar surface area (TPSA) is 88.8 Å². The summed E-state index contributed by atoms with van der Waals surface area (Å²) >= 11 is -0.199. The Morgan fingerprint density at radius 2 is 1.92 bits per heavy atom. The monoisotopic (exact) mass is 651 g/mol. The van der Waals surface area contributed by atoms with Gasteiger partial charge in [0.2, 0.25) is 5.91 Å². The zero-order chi connectivity index (χ0) is 28.4. The molecule has 3 rings (SSSR count). The molecule has 0 spiro atoms. The van der Waals surface area contributed by atoms with Crippen LogP contribution in [-0.2, 0) is 9.59 Å². The fraction of sp³-hybridized carbons (Fsp3) is 0.600. The van der Waals surface area contributed by atoms with Crippen LogP contribution in [0.4, 0.5) is 6.01 Å². The number of anilines is 1. The average molecular weight is 652 g/mol. The minimum absolute atomic E-state index is 0.00223. The molecule has 1 aliphatic rings. The number of halogens is 1. The molecule has 9 heteroatoms. The molecule has 0 saturated carbocycles. The van der Waals surface area contributed by atoms with Crippen molar-refractivity contribution >= 4 is 23.3 Å². The summed E-state index contributed by atoms with van der Waals surface area (Å²) in [5.74, 6) is 2.63. The molecule has 0 saturated heterocycles. The zero-order valence-electron chi connectivity index (χ0n) is 24.3. The molecular formula is C30H44IN4O4-. The molecule has 0 bridgehead atoms. The fourth-order valence-corrected chi connectivity index (χ4v) is 5.81. The van der Waals surface area contributed by atoms with Crippen molar-refractivity contribution < 1.29 is 40.3 Å². The number of benzene rings is 1. The Labute approximate surface area is 244 Å². The van der Waals surface area contributed by atoms with E-state index in [4.69, 9.17) is 9.26 Å². The Morgan fingerprint density at radius 1 is 1.18 bits per heavy atom. The Hall–Kier alpha value is -2.43. The molecule has 0 N–H and O–H groups in total. The number of ether oxygens (including phenoxy) is 1. The first-order chi connectivity index (χ1) is 18.7. The van der Waals surface area contributed by atoms with Crippen molar-refractivity contribution in [3.8, 4) is 5.75 Å². The third kappa shape index (κ3) is 9.32. The molecule has 1 aromatic heterocycles. The first-order valence-electron chi connectivity index (χ1n) is 14.0. The first kappa shape index (κ1) is 31.1. The molecule has 39 heavy (non-hydrogen) atoms. The summed E-state index contributed by atoms with van der Waals surface area (Å²) in [5, 5.41) is 4.10. The van der Waals surface area contributed by atoms with E-state index in [2.05, 4.69) is 57.2 Å². The van der Waals surface area contributed by atoms with Crippen LogP contribution >= 0.6 is 0 Å². The summed E-state index contributed by atoms with van der Waals surface area (Å²) < 4.78 is 13.8. The molecule has 1 amide bonds. The number of hydrogen-bond donors (Lipinski definition) is 0. The van der Waals surface area contributed by atoms with Gasteiger partial charge >= 0.3 is 167 Å². The smallest absolute Gasteiger partial charge is 0.0372 e. The number of carbonyl (C=O) groups is 2. The minimum atomic E-state index is -0.199. The number of amides is 1. The van der Waals surface area contributed by atoms with E-state index < -0.39 is 0 Å². The second-order valence-corrected chi connectivity index (χ2v) is 12.8. The number of alkyl halides is 1. The van der Waals surface area contributed by atoms with Crippen molar-refractivity contribution in [1.29, 1.82) is 0 Å². The normalized spacial score (nSPS) is 16.2. The molecule has 1 aliphatic carbocycles. The molecule has 2 atom stereocenters. The molecule has 216 valence electrons. The van der Waals surface area contributed by atoms with E-state index >= 15 is 0 Å². The van der Waals surface area contributed by atoms with Gasteiger partial charge in [-0.05, 0) is 12.8 Å². The van der Waals surface area contributed by atoms with Crippen LogP contribution in [0.15, 0.2) is 34.9 Å². The molecule has 1 aromatic carbocycles. The van der Waals surface area contributed by atoms with Crippen LogP contribution in [-0.4, -0.2) is 58.4 Å². The van der Waals surface area contributed by atoms with Crippen LogP contribution in [0.2, 0.25) is 0 Å². The Bertz CT molecular complexity index is 1100. The van der Waals surface area contributed by atoms with Crippen LogP contribution in [0.3, 0.4) is 0 Å². The van der Waals surface area contributed by atoms with E-state index in [1.165, 1.54) is 11.1 Å². The molecule has 8 nitrogen and oxygen atoms in total. The number of aromatic nitrogens is 2. The van der Waals surface area contributed by atoms with Crippen LogP contribution in [0, 0.1) is 11.8 Å². The van der Waals surface area contributed by atoms with E-state index in [0.29, 0.717) is 37.9 Å². The van der Waals surface area contributed by atoms with Gasteiger partial charge in [-0.1, -0.05) is 6.92 Å². The van der Waals surface area contributed by atoms with E-state index in [0.717, 1.165) is 43.8 Å². The SMILES string of the molecule is CCC(=O)CCN(C)C(=O)C1CC=C(c2ccc(OCC(C)CCN([I-]C)c3nc(C(C)C)no3)cc2)CC1. The molecule has 0 fully saturated rings. The zero-order valence-corrected chi connectivity index (χ0v) is 26.4. The maximum absolute atomic E-state index is 12.8. The van der Waals surface area contributed by atoms with Crippen molar-refractivity contribution in [3.63, 3.8) is 0 Å². The quantitative estimate of drug-likeness (QED) is 0.166.